The molecule has 0 aromatic heterocycles. The number of carbonyl (C=O) groups excluding carboxylic acids is 1. The molecule has 3 heteroatoms. The van der Waals surface area contributed by atoms with E-state index in [-0.39, 0.29) is 17.9 Å². The minimum absolute atomic E-state index is 0.263. The molecule has 1 saturated carbocycles. The van der Waals surface area contributed by atoms with Gasteiger partial charge in [0.1, 0.15) is 0 Å². The Bertz CT molecular complexity index is 205. The largest absolute Gasteiger partial charge is 0.391 e. The van der Waals surface area contributed by atoms with E-state index in [2.05, 4.69) is 6.92 Å². The molecule has 1 saturated heterocycles. The van der Waals surface area contributed by atoms with Gasteiger partial charge in [-0.1, -0.05) is 6.92 Å². The van der Waals surface area contributed by atoms with E-state index in [1.165, 1.54) is 0 Å². The van der Waals surface area contributed by atoms with Crippen LogP contribution in [0.1, 0.15) is 19.8 Å². The fraction of sp³-hybridized carbons (Fsp3) is 0.889. The van der Waals surface area contributed by atoms with E-state index in [9.17, 15) is 9.90 Å². The molecule has 0 spiro atoms. The van der Waals surface area contributed by atoms with Crippen molar-refractivity contribution in [1.82, 2.24) is 4.90 Å². The summed E-state index contributed by atoms with van der Waals surface area (Å²) >= 11 is 0. The lowest BCUT2D eigenvalue weighted by Gasteiger charge is -2.14. The molecule has 1 aliphatic carbocycles. The van der Waals surface area contributed by atoms with E-state index in [1.807, 2.05) is 0 Å². The number of nitrogens with zero attached hydrogens (tertiary/aromatic N) is 1. The highest BCUT2D eigenvalue weighted by Gasteiger charge is 2.42. The summed E-state index contributed by atoms with van der Waals surface area (Å²) in [6.45, 7) is 3.42. The number of hydrogen-bond acceptors (Lipinski definition) is 2. The molecule has 1 heterocycles. The van der Waals surface area contributed by atoms with Crippen LogP contribution in [0.2, 0.25) is 0 Å². The molecule has 1 amide bonds. The van der Waals surface area contributed by atoms with Crippen molar-refractivity contribution >= 4 is 5.91 Å². The molecular weight excluding hydrogens is 154 g/mol. The molecule has 2 rings (SSSR count). The second-order valence-corrected chi connectivity index (χ2v) is 4.05. The van der Waals surface area contributed by atoms with Crippen LogP contribution in [0.5, 0.6) is 0 Å². The molecule has 0 aromatic rings. The first-order valence-electron chi connectivity index (χ1n) is 4.65. The van der Waals surface area contributed by atoms with Gasteiger partial charge in [-0.25, -0.2) is 0 Å². The van der Waals surface area contributed by atoms with Gasteiger partial charge in [-0.3, -0.25) is 4.79 Å². The third-order valence-corrected chi connectivity index (χ3v) is 2.90. The number of amides is 1. The van der Waals surface area contributed by atoms with Gasteiger partial charge in [0.2, 0.25) is 5.91 Å². The molecular formula is C9H15NO2. The smallest absolute Gasteiger partial charge is 0.226 e. The first-order chi connectivity index (χ1) is 5.68. The van der Waals surface area contributed by atoms with Gasteiger partial charge in [0.25, 0.3) is 0 Å². The summed E-state index contributed by atoms with van der Waals surface area (Å²) in [5, 5.41) is 9.22. The van der Waals surface area contributed by atoms with E-state index in [0.29, 0.717) is 12.5 Å². The van der Waals surface area contributed by atoms with E-state index < -0.39 is 0 Å². The second-order valence-electron chi connectivity index (χ2n) is 4.05. The maximum absolute atomic E-state index is 11.6. The zero-order valence-corrected chi connectivity index (χ0v) is 7.36. The van der Waals surface area contributed by atoms with Crippen molar-refractivity contribution in [2.45, 2.75) is 25.9 Å². The van der Waals surface area contributed by atoms with Crippen LogP contribution < -0.4 is 0 Å². The highest BCUT2D eigenvalue weighted by atomic mass is 16.3. The molecule has 2 aliphatic rings. The van der Waals surface area contributed by atoms with Crippen LogP contribution in [0.25, 0.3) is 0 Å². The lowest BCUT2D eigenvalue weighted by molar-refractivity contribution is -0.132. The molecule has 1 N–H and O–H groups in total. The third kappa shape index (κ3) is 1.33. The van der Waals surface area contributed by atoms with Gasteiger partial charge in [-0.05, 0) is 18.8 Å². The normalized spacial score (nSPS) is 40.2. The topological polar surface area (TPSA) is 40.5 Å². The third-order valence-electron chi connectivity index (χ3n) is 2.90. The Hall–Kier alpha value is -0.570. The summed E-state index contributed by atoms with van der Waals surface area (Å²) in [5.74, 6) is 1.12. The molecule has 2 unspecified atom stereocenters. The van der Waals surface area contributed by atoms with Crippen LogP contribution in [0.3, 0.4) is 0 Å². The van der Waals surface area contributed by atoms with Crippen LogP contribution in [-0.2, 0) is 4.79 Å². The molecule has 3 nitrogen and oxygen atoms in total. The Balaban J connectivity index is 1.89. The Kier molecular flexibility index (Phi) is 1.83. The van der Waals surface area contributed by atoms with Crippen molar-refractivity contribution in [2.24, 2.45) is 11.8 Å². The molecule has 0 aromatic carbocycles. The van der Waals surface area contributed by atoms with Gasteiger partial charge in [-0.2, -0.15) is 0 Å². The van der Waals surface area contributed by atoms with Gasteiger partial charge < -0.3 is 10.0 Å². The lowest BCUT2D eigenvalue weighted by atomic mass is 10.3. The standard InChI is InChI=1S/C9H15NO2/c1-6-4-8(6)9(12)10-3-2-7(11)5-10/h6-8,11H,2-5H2,1H3/t6?,7-,8?/m0/s1. The first kappa shape index (κ1) is 8.05. The van der Waals surface area contributed by atoms with E-state index in [4.69, 9.17) is 0 Å². The fourth-order valence-corrected chi connectivity index (χ4v) is 1.84. The van der Waals surface area contributed by atoms with Crippen molar-refractivity contribution in [3.05, 3.63) is 0 Å². The number of aliphatic hydroxyl groups is 1. The monoisotopic (exact) mass is 169 g/mol. The summed E-state index contributed by atoms with van der Waals surface area (Å²) in [6.07, 6.45) is 1.53. The average Bonchev–Trinajstić information content (AvgIpc) is 2.58. The first-order valence-corrected chi connectivity index (χ1v) is 4.65. The van der Waals surface area contributed by atoms with E-state index >= 15 is 0 Å². The number of hydrogen-bond donors (Lipinski definition) is 1. The van der Waals surface area contributed by atoms with Gasteiger partial charge >= 0.3 is 0 Å². The molecule has 0 bridgehead atoms. The number of rotatable bonds is 1. The maximum atomic E-state index is 11.6. The van der Waals surface area contributed by atoms with Gasteiger partial charge in [0.15, 0.2) is 0 Å². The van der Waals surface area contributed by atoms with Crippen molar-refractivity contribution in [2.75, 3.05) is 13.1 Å². The maximum Gasteiger partial charge on any atom is 0.226 e. The van der Waals surface area contributed by atoms with Crippen molar-refractivity contribution < 1.29 is 9.90 Å². The SMILES string of the molecule is CC1CC1C(=O)N1CC[C@H](O)C1. The van der Waals surface area contributed by atoms with Crippen LogP contribution in [0, 0.1) is 11.8 Å². The Morgan fingerprint density at radius 1 is 1.58 bits per heavy atom. The Morgan fingerprint density at radius 2 is 2.25 bits per heavy atom. The Morgan fingerprint density at radius 3 is 2.67 bits per heavy atom. The summed E-state index contributed by atoms with van der Waals surface area (Å²) in [5.41, 5.74) is 0. The summed E-state index contributed by atoms with van der Waals surface area (Å²) in [6, 6.07) is 0. The van der Waals surface area contributed by atoms with Crippen molar-refractivity contribution in [3.63, 3.8) is 0 Å². The minimum Gasteiger partial charge on any atom is -0.391 e. The summed E-state index contributed by atoms with van der Waals surface area (Å²) < 4.78 is 0. The van der Waals surface area contributed by atoms with Gasteiger partial charge in [0.05, 0.1) is 6.10 Å². The minimum atomic E-state index is -0.275. The van der Waals surface area contributed by atoms with Crippen LogP contribution in [0.4, 0.5) is 0 Å². The van der Waals surface area contributed by atoms with E-state index in [1.54, 1.807) is 4.90 Å². The highest BCUT2D eigenvalue weighted by Crippen LogP contribution is 2.39. The Labute approximate surface area is 72.4 Å². The molecule has 68 valence electrons. The zero-order chi connectivity index (χ0) is 8.72. The second kappa shape index (κ2) is 2.73. The van der Waals surface area contributed by atoms with Crippen molar-refractivity contribution in [3.8, 4) is 0 Å². The number of aliphatic hydroxyl groups excluding tert-OH is 1. The molecule has 2 fully saturated rings. The number of β-amino-alcohol motifs (C(OH)–C–C–N with tert-alkyl or cyclic N) is 1. The van der Waals surface area contributed by atoms with Crippen LogP contribution in [-0.4, -0.2) is 35.1 Å². The fourth-order valence-electron chi connectivity index (χ4n) is 1.84. The predicted octanol–water partition coefficient (Wildman–Crippen LogP) is 0.236. The molecule has 1 aliphatic heterocycles. The number of carbonyl (C=O) groups is 1. The van der Waals surface area contributed by atoms with Crippen molar-refractivity contribution in [1.29, 1.82) is 0 Å². The van der Waals surface area contributed by atoms with Crippen LogP contribution in [0.15, 0.2) is 0 Å². The van der Waals surface area contributed by atoms with E-state index in [0.717, 1.165) is 19.4 Å². The highest BCUT2D eigenvalue weighted by molar-refractivity contribution is 5.81. The lowest BCUT2D eigenvalue weighted by Crippen LogP contribution is -2.31. The van der Waals surface area contributed by atoms with Gasteiger partial charge in [-0.15, -0.1) is 0 Å². The average molecular weight is 169 g/mol. The molecule has 3 atom stereocenters. The number of likely N-dealkylation sites (tertiary alicyclic amines) is 1. The molecule has 0 radical (unpaired) electrons. The zero-order valence-electron chi connectivity index (χ0n) is 7.36. The predicted molar refractivity (Wildman–Crippen MR) is 44.5 cm³/mol. The molecule has 12 heavy (non-hydrogen) atoms. The summed E-state index contributed by atoms with van der Waals surface area (Å²) in [4.78, 5) is 13.4. The summed E-state index contributed by atoms with van der Waals surface area (Å²) in [7, 11) is 0. The van der Waals surface area contributed by atoms with Gasteiger partial charge in [0, 0.05) is 19.0 Å². The quantitative estimate of drug-likeness (QED) is 0.610. The van der Waals surface area contributed by atoms with Crippen LogP contribution >= 0.6 is 0 Å².